The van der Waals surface area contributed by atoms with Gasteiger partial charge in [0.15, 0.2) is 0 Å². The summed E-state index contributed by atoms with van der Waals surface area (Å²) >= 11 is 5.79. The zero-order chi connectivity index (χ0) is 14.1. The van der Waals surface area contributed by atoms with Crippen molar-refractivity contribution in [3.63, 3.8) is 0 Å². The fourth-order valence-corrected chi connectivity index (χ4v) is 2.23. The third kappa shape index (κ3) is 2.82. The zero-order valence-corrected chi connectivity index (χ0v) is 11.8. The Kier molecular flexibility index (Phi) is 3.44. The van der Waals surface area contributed by atoms with Crippen LogP contribution in [0, 0.1) is 6.92 Å². The zero-order valence-electron chi connectivity index (χ0n) is 11.0. The van der Waals surface area contributed by atoms with Gasteiger partial charge in [0.05, 0.1) is 18.9 Å². The molecule has 0 atom stereocenters. The number of halogens is 1. The molecule has 0 unspecified atom stereocenters. The summed E-state index contributed by atoms with van der Waals surface area (Å²) in [4.78, 5) is 22.2. The van der Waals surface area contributed by atoms with E-state index in [0.717, 1.165) is 24.4 Å². The molecule has 104 valence electrons. The summed E-state index contributed by atoms with van der Waals surface area (Å²) in [5, 5.41) is 0.223. The van der Waals surface area contributed by atoms with Crippen molar-refractivity contribution in [3.8, 4) is 0 Å². The number of hydrogen-bond donors (Lipinski definition) is 0. The summed E-state index contributed by atoms with van der Waals surface area (Å²) in [7, 11) is 0. The minimum absolute atomic E-state index is 0.156. The maximum Gasteiger partial charge on any atom is 0.274 e. The summed E-state index contributed by atoms with van der Waals surface area (Å²) in [6.07, 6.45) is 4.88. The van der Waals surface area contributed by atoms with E-state index in [1.54, 1.807) is 4.90 Å². The van der Waals surface area contributed by atoms with Crippen molar-refractivity contribution in [2.75, 3.05) is 0 Å². The molecule has 5 nitrogen and oxygen atoms in total. The number of hydrogen-bond acceptors (Lipinski definition) is 4. The van der Waals surface area contributed by atoms with Crippen molar-refractivity contribution < 1.29 is 9.21 Å². The first-order valence-corrected chi connectivity index (χ1v) is 6.85. The Morgan fingerprint density at radius 2 is 2.25 bits per heavy atom. The van der Waals surface area contributed by atoms with Gasteiger partial charge < -0.3 is 9.32 Å². The second-order valence-corrected chi connectivity index (χ2v) is 5.29. The lowest BCUT2D eigenvalue weighted by Crippen LogP contribution is -2.33. The van der Waals surface area contributed by atoms with Crippen LogP contribution < -0.4 is 0 Å². The van der Waals surface area contributed by atoms with Crippen molar-refractivity contribution in [2.24, 2.45) is 0 Å². The van der Waals surface area contributed by atoms with Gasteiger partial charge in [-0.3, -0.25) is 9.78 Å². The van der Waals surface area contributed by atoms with E-state index in [1.807, 2.05) is 19.1 Å². The second-order valence-electron chi connectivity index (χ2n) is 4.90. The highest BCUT2D eigenvalue weighted by Crippen LogP contribution is 2.30. The molecule has 2 heterocycles. The molecule has 0 radical (unpaired) electrons. The van der Waals surface area contributed by atoms with Gasteiger partial charge >= 0.3 is 0 Å². The third-order valence-electron chi connectivity index (χ3n) is 3.19. The topological polar surface area (TPSA) is 59.2 Å². The normalized spacial score (nSPS) is 14.3. The highest BCUT2D eigenvalue weighted by atomic mass is 35.5. The van der Waals surface area contributed by atoms with Gasteiger partial charge in [0.25, 0.3) is 5.91 Å². The summed E-state index contributed by atoms with van der Waals surface area (Å²) in [6, 6.07) is 4.04. The van der Waals surface area contributed by atoms with Crippen LogP contribution in [0.25, 0.3) is 0 Å². The molecule has 0 saturated heterocycles. The average molecular weight is 292 g/mol. The standard InChI is InChI=1S/C14H14ClN3O2/c1-9-2-5-11(20-9)8-18(10-3-4-10)14(19)12-6-16-7-13(15)17-12/h2,5-7,10H,3-4,8H2,1H3. The molecule has 20 heavy (non-hydrogen) atoms. The summed E-state index contributed by atoms with van der Waals surface area (Å²) < 4.78 is 5.55. The predicted octanol–water partition coefficient (Wildman–Crippen LogP) is 2.84. The van der Waals surface area contributed by atoms with Gasteiger partial charge in [-0.15, -0.1) is 0 Å². The molecule has 1 fully saturated rings. The second kappa shape index (κ2) is 5.25. The largest absolute Gasteiger partial charge is 0.464 e. The Balaban J connectivity index is 1.81. The minimum Gasteiger partial charge on any atom is -0.464 e. The molecule has 1 aliphatic carbocycles. The van der Waals surface area contributed by atoms with Gasteiger partial charge in [0.2, 0.25) is 0 Å². The van der Waals surface area contributed by atoms with E-state index >= 15 is 0 Å². The van der Waals surface area contributed by atoms with Crippen LogP contribution in [-0.2, 0) is 6.54 Å². The lowest BCUT2D eigenvalue weighted by molar-refractivity contribution is 0.0710. The van der Waals surface area contributed by atoms with Gasteiger partial charge in [-0.2, -0.15) is 0 Å². The molecule has 1 amide bonds. The number of carbonyl (C=O) groups is 1. The molecular formula is C14H14ClN3O2. The van der Waals surface area contributed by atoms with Gasteiger partial charge in [-0.05, 0) is 31.9 Å². The molecule has 2 aromatic rings. The van der Waals surface area contributed by atoms with Crippen LogP contribution in [0.5, 0.6) is 0 Å². The molecule has 0 N–H and O–H groups in total. The first-order valence-electron chi connectivity index (χ1n) is 6.47. The Labute approximate surface area is 121 Å². The summed E-state index contributed by atoms with van der Waals surface area (Å²) in [5.74, 6) is 1.46. The highest BCUT2D eigenvalue weighted by molar-refractivity contribution is 6.29. The van der Waals surface area contributed by atoms with Crippen LogP contribution in [0.3, 0.4) is 0 Å². The molecular weight excluding hydrogens is 278 g/mol. The monoisotopic (exact) mass is 291 g/mol. The number of aromatic nitrogens is 2. The van der Waals surface area contributed by atoms with E-state index < -0.39 is 0 Å². The maximum absolute atomic E-state index is 12.5. The first-order chi connectivity index (χ1) is 9.63. The van der Waals surface area contributed by atoms with Crippen LogP contribution in [0.2, 0.25) is 5.15 Å². The van der Waals surface area contributed by atoms with Crippen molar-refractivity contribution in [1.82, 2.24) is 14.9 Å². The Morgan fingerprint density at radius 1 is 1.45 bits per heavy atom. The summed E-state index contributed by atoms with van der Waals surface area (Å²) in [6.45, 7) is 2.33. The molecule has 2 aromatic heterocycles. The van der Waals surface area contributed by atoms with Gasteiger partial charge in [-0.1, -0.05) is 11.6 Å². The Bertz CT molecular complexity index is 637. The number of carbonyl (C=O) groups excluding carboxylic acids is 1. The smallest absolute Gasteiger partial charge is 0.274 e. The van der Waals surface area contributed by atoms with Gasteiger partial charge in [0.1, 0.15) is 22.4 Å². The lowest BCUT2D eigenvalue weighted by Gasteiger charge is -2.20. The highest BCUT2D eigenvalue weighted by Gasteiger charge is 2.34. The molecule has 6 heteroatoms. The van der Waals surface area contributed by atoms with E-state index in [2.05, 4.69) is 9.97 Å². The fourth-order valence-electron chi connectivity index (χ4n) is 2.08. The van der Waals surface area contributed by atoms with Crippen molar-refractivity contribution in [1.29, 1.82) is 0 Å². The molecule has 0 aliphatic heterocycles. The molecule has 0 aromatic carbocycles. The summed E-state index contributed by atoms with van der Waals surface area (Å²) in [5.41, 5.74) is 0.271. The molecule has 1 saturated carbocycles. The van der Waals surface area contributed by atoms with E-state index in [-0.39, 0.29) is 22.8 Å². The minimum atomic E-state index is -0.156. The van der Waals surface area contributed by atoms with Crippen molar-refractivity contribution >= 4 is 17.5 Å². The van der Waals surface area contributed by atoms with E-state index in [4.69, 9.17) is 16.0 Å². The number of amides is 1. The number of furan rings is 1. The Morgan fingerprint density at radius 3 is 2.85 bits per heavy atom. The SMILES string of the molecule is Cc1ccc(CN(C(=O)c2cncc(Cl)n2)C2CC2)o1. The van der Waals surface area contributed by atoms with Crippen LogP contribution in [-0.4, -0.2) is 26.8 Å². The predicted molar refractivity (Wildman–Crippen MR) is 73.4 cm³/mol. The van der Waals surface area contributed by atoms with E-state index in [0.29, 0.717) is 6.54 Å². The number of aryl methyl sites for hydroxylation is 1. The molecule has 0 bridgehead atoms. The van der Waals surface area contributed by atoms with Crippen molar-refractivity contribution in [3.05, 3.63) is 46.9 Å². The number of rotatable bonds is 4. The van der Waals surface area contributed by atoms with Crippen LogP contribution >= 0.6 is 11.6 Å². The first kappa shape index (κ1) is 13.1. The number of nitrogens with zero attached hydrogens (tertiary/aromatic N) is 3. The van der Waals surface area contributed by atoms with Crippen LogP contribution in [0.15, 0.2) is 28.9 Å². The maximum atomic E-state index is 12.5. The Hall–Kier alpha value is -1.88. The molecule has 1 aliphatic rings. The van der Waals surface area contributed by atoms with Gasteiger partial charge in [-0.25, -0.2) is 4.98 Å². The van der Waals surface area contributed by atoms with Crippen molar-refractivity contribution in [2.45, 2.75) is 32.4 Å². The fraction of sp³-hybridized carbons (Fsp3) is 0.357. The van der Waals surface area contributed by atoms with E-state index in [1.165, 1.54) is 12.4 Å². The van der Waals surface area contributed by atoms with Crippen LogP contribution in [0.4, 0.5) is 0 Å². The molecule has 0 spiro atoms. The van der Waals surface area contributed by atoms with E-state index in [9.17, 15) is 4.79 Å². The van der Waals surface area contributed by atoms with Crippen LogP contribution in [0.1, 0.15) is 34.9 Å². The average Bonchev–Trinajstić information content (AvgIpc) is 3.19. The third-order valence-corrected chi connectivity index (χ3v) is 3.38. The lowest BCUT2D eigenvalue weighted by atomic mass is 10.3. The molecule has 3 rings (SSSR count). The van der Waals surface area contributed by atoms with Gasteiger partial charge in [0, 0.05) is 6.04 Å². The quantitative estimate of drug-likeness (QED) is 0.869.